The molecule has 2 aromatic rings. The van der Waals surface area contributed by atoms with Gasteiger partial charge in [0.1, 0.15) is 0 Å². The molecule has 1 aromatic carbocycles. The van der Waals surface area contributed by atoms with Gasteiger partial charge in [-0.05, 0) is 65.2 Å². The SMILES string of the molecule is Cc1ccc(S(=O)(=O)Nc2ncccc2Br)cc1C. The number of benzene rings is 1. The molecular formula is C13H13BrN2O2S. The number of aryl methyl sites for hydroxylation is 2. The van der Waals surface area contributed by atoms with Gasteiger partial charge >= 0.3 is 0 Å². The molecule has 0 saturated heterocycles. The van der Waals surface area contributed by atoms with Gasteiger partial charge in [0.2, 0.25) is 0 Å². The highest BCUT2D eigenvalue weighted by Gasteiger charge is 2.16. The molecule has 1 heterocycles. The van der Waals surface area contributed by atoms with E-state index < -0.39 is 10.0 Å². The van der Waals surface area contributed by atoms with Crippen LogP contribution in [-0.4, -0.2) is 13.4 Å². The Morgan fingerprint density at radius 1 is 1.16 bits per heavy atom. The van der Waals surface area contributed by atoms with Crippen molar-refractivity contribution in [1.29, 1.82) is 0 Å². The average molecular weight is 341 g/mol. The number of anilines is 1. The van der Waals surface area contributed by atoms with E-state index in [1.54, 1.807) is 30.3 Å². The van der Waals surface area contributed by atoms with Gasteiger partial charge in [-0.2, -0.15) is 0 Å². The third-order valence-electron chi connectivity index (χ3n) is 2.78. The first kappa shape index (κ1) is 14.0. The van der Waals surface area contributed by atoms with E-state index in [2.05, 4.69) is 25.6 Å². The fourth-order valence-electron chi connectivity index (χ4n) is 1.53. The van der Waals surface area contributed by atoms with E-state index in [0.717, 1.165) is 11.1 Å². The summed E-state index contributed by atoms with van der Waals surface area (Å²) in [7, 11) is -3.62. The lowest BCUT2D eigenvalue weighted by molar-refractivity contribution is 0.601. The molecule has 0 bridgehead atoms. The minimum absolute atomic E-state index is 0.230. The summed E-state index contributed by atoms with van der Waals surface area (Å²) < 4.78 is 27.6. The molecule has 2 rings (SSSR count). The van der Waals surface area contributed by atoms with Gasteiger partial charge in [0.25, 0.3) is 10.0 Å². The third kappa shape index (κ3) is 3.13. The summed E-state index contributed by atoms with van der Waals surface area (Å²) in [6, 6.07) is 8.47. The molecule has 1 N–H and O–H groups in total. The zero-order valence-electron chi connectivity index (χ0n) is 10.5. The van der Waals surface area contributed by atoms with Crippen molar-refractivity contribution < 1.29 is 8.42 Å². The van der Waals surface area contributed by atoms with Crippen LogP contribution in [0, 0.1) is 13.8 Å². The maximum Gasteiger partial charge on any atom is 0.263 e. The predicted molar refractivity (Wildman–Crippen MR) is 78.7 cm³/mol. The van der Waals surface area contributed by atoms with Gasteiger partial charge < -0.3 is 0 Å². The fraction of sp³-hybridized carbons (Fsp3) is 0.154. The lowest BCUT2D eigenvalue weighted by Gasteiger charge is -2.10. The molecule has 0 atom stereocenters. The summed E-state index contributed by atoms with van der Waals surface area (Å²) >= 11 is 3.26. The van der Waals surface area contributed by atoms with Crippen molar-refractivity contribution in [1.82, 2.24) is 4.98 Å². The van der Waals surface area contributed by atoms with E-state index >= 15 is 0 Å². The highest BCUT2D eigenvalue weighted by molar-refractivity contribution is 9.10. The molecule has 0 aliphatic heterocycles. The molecular weight excluding hydrogens is 328 g/mol. The van der Waals surface area contributed by atoms with Crippen LogP contribution in [0.5, 0.6) is 0 Å². The third-order valence-corrected chi connectivity index (χ3v) is 4.75. The van der Waals surface area contributed by atoms with Gasteiger partial charge in [0.05, 0.1) is 9.37 Å². The molecule has 0 fully saturated rings. The smallest absolute Gasteiger partial charge is 0.262 e. The summed E-state index contributed by atoms with van der Waals surface area (Å²) in [6.07, 6.45) is 1.53. The highest BCUT2D eigenvalue weighted by atomic mass is 79.9. The van der Waals surface area contributed by atoms with Crippen molar-refractivity contribution in [3.63, 3.8) is 0 Å². The second-order valence-corrected chi connectivity index (χ2v) is 6.72. The molecule has 0 saturated carbocycles. The number of nitrogens with one attached hydrogen (secondary N) is 1. The first-order chi connectivity index (χ1) is 8.90. The van der Waals surface area contributed by atoms with Crippen molar-refractivity contribution in [3.05, 3.63) is 52.1 Å². The lowest BCUT2D eigenvalue weighted by atomic mass is 10.1. The molecule has 4 nitrogen and oxygen atoms in total. The van der Waals surface area contributed by atoms with Crippen LogP contribution in [0.1, 0.15) is 11.1 Å². The van der Waals surface area contributed by atoms with Crippen LogP contribution in [0.2, 0.25) is 0 Å². The molecule has 19 heavy (non-hydrogen) atoms. The maximum atomic E-state index is 12.2. The van der Waals surface area contributed by atoms with Gasteiger partial charge in [-0.3, -0.25) is 4.72 Å². The lowest BCUT2D eigenvalue weighted by Crippen LogP contribution is -2.14. The number of sulfonamides is 1. The Hall–Kier alpha value is -1.40. The Bertz CT molecular complexity index is 714. The largest absolute Gasteiger partial charge is 0.263 e. The minimum atomic E-state index is -3.62. The summed E-state index contributed by atoms with van der Waals surface area (Å²) in [6.45, 7) is 3.82. The van der Waals surface area contributed by atoms with E-state index in [9.17, 15) is 8.42 Å². The van der Waals surface area contributed by atoms with Gasteiger partial charge in [0, 0.05) is 6.20 Å². The van der Waals surface area contributed by atoms with Crippen LogP contribution in [0.25, 0.3) is 0 Å². The topological polar surface area (TPSA) is 59.1 Å². The van der Waals surface area contributed by atoms with Crippen molar-refractivity contribution in [2.45, 2.75) is 18.7 Å². The van der Waals surface area contributed by atoms with Crippen molar-refractivity contribution in [2.75, 3.05) is 4.72 Å². The van der Waals surface area contributed by atoms with E-state index in [-0.39, 0.29) is 10.7 Å². The number of rotatable bonds is 3. The van der Waals surface area contributed by atoms with Gasteiger partial charge in [-0.15, -0.1) is 0 Å². The van der Waals surface area contributed by atoms with Crippen molar-refractivity contribution in [3.8, 4) is 0 Å². The standard InChI is InChI=1S/C13H13BrN2O2S/c1-9-5-6-11(8-10(9)2)19(17,18)16-13-12(14)4-3-7-15-13/h3-8H,1-2H3,(H,15,16). The molecule has 0 radical (unpaired) electrons. The van der Waals surface area contributed by atoms with Crippen LogP contribution in [-0.2, 0) is 10.0 Å². The maximum absolute atomic E-state index is 12.2. The van der Waals surface area contributed by atoms with Gasteiger partial charge in [0.15, 0.2) is 5.82 Å². The van der Waals surface area contributed by atoms with E-state index in [4.69, 9.17) is 0 Å². The van der Waals surface area contributed by atoms with Gasteiger partial charge in [-0.25, -0.2) is 13.4 Å². The predicted octanol–water partition coefficient (Wildman–Crippen LogP) is 3.26. The first-order valence-corrected chi connectivity index (χ1v) is 7.88. The molecule has 0 unspecified atom stereocenters. The number of aromatic nitrogens is 1. The van der Waals surface area contributed by atoms with Crippen LogP contribution in [0.15, 0.2) is 45.9 Å². The number of pyridine rings is 1. The van der Waals surface area contributed by atoms with Crippen molar-refractivity contribution in [2.24, 2.45) is 0 Å². The Balaban J connectivity index is 2.38. The second kappa shape index (κ2) is 5.30. The zero-order valence-corrected chi connectivity index (χ0v) is 12.9. The van der Waals surface area contributed by atoms with E-state index in [1.165, 1.54) is 6.20 Å². The van der Waals surface area contributed by atoms with E-state index in [0.29, 0.717) is 4.47 Å². The highest BCUT2D eigenvalue weighted by Crippen LogP contribution is 2.23. The first-order valence-electron chi connectivity index (χ1n) is 5.61. The molecule has 0 aliphatic carbocycles. The summed E-state index contributed by atoms with van der Waals surface area (Å²) in [5, 5.41) is 0. The molecule has 1 aromatic heterocycles. The number of hydrogen-bond acceptors (Lipinski definition) is 3. The zero-order chi connectivity index (χ0) is 14.0. The van der Waals surface area contributed by atoms with E-state index in [1.807, 2.05) is 13.8 Å². The molecule has 0 aliphatic rings. The van der Waals surface area contributed by atoms with Crippen molar-refractivity contribution >= 4 is 31.8 Å². The monoisotopic (exact) mass is 340 g/mol. The summed E-state index contributed by atoms with van der Waals surface area (Å²) in [5.74, 6) is 0.278. The molecule has 6 heteroatoms. The average Bonchev–Trinajstić information content (AvgIpc) is 2.35. The van der Waals surface area contributed by atoms with Crippen LogP contribution < -0.4 is 4.72 Å². The number of hydrogen-bond donors (Lipinski definition) is 1. The molecule has 0 spiro atoms. The minimum Gasteiger partial charge on any atom is -0.262 e. The molecule has 100 valence electrons. The normalized spacial score (nSPS) is 11.3. The fourth-order valence-corrected chi connectivity index (χ4v) is 3.13. The Morgan fingerprint density at radius 2 is 1.89 bits per heavy atom. The number of halogens is 1. The Morgan fingerprint density at radius 3 is 2.53 bits per heavy atom. The summed E-state index contributed by atoms with van der Waals surface area (Å²) in [5.41, 5.74) is 1.99. The van der Waals surface area contributed by atoms with Crippen LogP contribution >= 0.6 is 15.9 Å². The Kier molecular flexibility index (Phi) is 3.91. The Labute approximate surface area is 121 Å². The number of nitrogens with zero attached hydrogens (tertiary/aromatic N) is 1. The second-order valence-electron chi connectivity index (χ2n) is 4.19. The van der Waals surface area contributed by atoms with Crippen LogP contribution in [0.3, 0.4) is 0 Å². The molecule has 0 amide bonds. The van der Waals surface area contributed by atoms with Crippen LogP contribution in [0.4, 0.5) is 5.82 Å². The van der Waals surface area contributed by atoms with Gasteiger partial charge in [-0.1, -0.05) is 6.07 Å². The summed E-state index contributed by atoms with van der Waals surface area (Å²) in [4.78, 5) is 4.22. The quantitative estimate of drug-likeness (QED) is 0.932.